The molecule has 0 spiro atoms. The van der Waals surface area contributed by atoms with Crippen LogP contribution in [0.15, 0.2) is 68.4 Å². The van der Waals surface area contributed by atoms with Gasteiger partial charge in [-0.05, 0) is 62.2 Å². The van der Waals surface area contributed by atoms with Gasteiger partial charge in [-0.15, -0.1) is 0 Å². The zero-order valence-electron chi connectivity index (χ0n) is 20.0. The van der Waals surface area contributed by atoms with E-state index in [0.29, 0.717) is 47.0 Å². The van der Waals surface area contributed by atoms with E-state index in [9.17, 15) is 9.59 Å². The first-order valence-corrected chi connectivity index (χ1v) is 11.8. The Hall–Kier alpha value is -4.00. The van der Waals surface area contributed by atoms with Crippen molar-refractivity contribution in [2.24, 2.45) is 0 Å². The number of hydrogen-bond acceptors (Lipinski definition) is 6. The summed E-state index contributed by atoms with van der Waals surface area (Å²) in [6, 6.07) is 13.8. The molecule has 0 N–H and O–H groups in total. The van der Waals surface area contributed by atoms with E-state index in [-0.39, 0.29) is 23.6 Å². The van der Waals surface area contributed by atoms with Crippen molar-refractivity contribution in [1.29, 1.82) is 0 Å². The standard InChI is InChI=1S/C28H27NO6/c1-4-12-34-22-11-9-18(15-23(22)32-5-2)25-24-26(30)20-14-17(3)8-10-21(20)35-27(24)28(31)29(25)16-19-7-6-13-33-19/h6-11,13-15,25H,4-5,12,16H2,1-3H3/t25-/m0/s1. The van der Waals surface area contributed by atoms with E-state index < -0.39 is 6.04 Å². The molecule has 7 heteroatoms. The molecular formula is C28H27NO6. The summed E-state index contributed by atoms with van der Waals surface area (Å²) in [4.78, 5) is 28.9. The number of hydrogen-bond donors (Lipinski definition) is 0. The molecule has 3 heterocycles. The van der Waals surface area contributed by atoms with Crippen molar-refractivity contribution in [3.05, 3.63) is 93.2 Å². The highest BCUT2D eigenvalue weighted by atomic mass is 16.5. The first kappa shape index (κ1) is 22.8. The molecule has 4 aromatic rings. The number of aryl methyl sites for hydroxylation is 1. The fourth-order valence-electron chi connectivity index (χ4n) is 4.51. The number of rotatable bonds is 8. The summed E-state index contributed by atoms with van der Waals surface area (Å²) in [5.41, 5.74) is 2.17. The van der Waals surface area contributed by atoms with E-state index in [2.05, 4.69) is 0 Å². The molecule has 1 aliphatic rings. The number of carbonyl (C=O) groups excluding carboxylic acids is 1. The smallest absolute Gasteiger partial charge is 0.291 e. The molecule has 0 radical (unpaired) electrons. The summed E-state index contributed by atoms with van der Waals surface area (Å²) < 4.78 is 23.3. The van der Waals surface area contributed by atoms with Crippen molar-refractivity contribution in [2.75, 3.05) is 13.2 Å². The molecule has 35 heavy (non-hydrogen) atoms. The molecule has 180 valence electrons. The zero-order chi connectivity index (χ0) is 24.5. The highest BCUT2D eigenvalue weighted by molar-refractivity contribution is 5.99. The van der Waals surface area contributed by atoms with Crippen molar-refractivity contribution >= 4 is 16.9 Å². The van der Waals surface area contributed by atoms with Crippen LogP contribution in [0.1, 0.15) is 59.3 Å². The lowest BCUT2D eigenvalue weighted by Gasteiger charge is -2.25. The van der Waals surface area contributed by atoms with E-state index in [4.69, 9.17) is 18.3 Å². The Morgan fingerprint density at radius 1 is 1.00 bits per heavy atom. The maximum absolute atomic E-state index is 13.8. The van der Waals surface area contributed by atoms with Crippen LogP contribution < -0.4 is 14.9 Å². The second kappa shape index (κ2) is 9.33. The van der Waals surface area contributed by atoms with Gasteiger partial charge in [0.05, 0.1) is 43.0 Å². The van der Waals surface area contributed by atoms with Gasteiger partial charge in [-0.3, -0.25) is 9.59 Å². The number of fused-ring (bicyclic) bond motifs is 2. The van der Waals surface area contributed by atoms with Gasteiger partial charge in [0, 0.05) is 0 Å². The van der Waals surface area contributed by atoms with Crippen molar-refractivity contribution in [1.82, 2.24) is 4.90 Å². The van der Waals surface area contributed by atoms with Gasteiger partial charge in [-0.2, -0.15) is 0 Å². The summed E-state index contributed by atoms with van der Waals surface area (Å²) in [7, 11) is 0. The predicted octanol–water partition coefficient (Wildman–Crippen LogP) is 5.63. The quantitative estimate of drug-likeness (QED) is 0.330. The Morgan fingerprint density at radius 2 is 1.86 bits per heavy atom. The van der Waals surface area contributed by atoms with Gasteiger partial charge >= 0.3 is 0 Å². The summed E-state index contributed by atoms with van der Waals surface area (Å²) in [5.74, 6) is 1.51. The molecule has 0 aliphatic carbocycles. The lowest BCUT2D eigenvalue weighted by molar-refractivity contribution is 0.0701. The minimum Gasteiger partial charge on any atom is -0.490 e. The maximum Gasteiger partial charge on any atom is 0.291 e. The second-order valence-electron chi connectivity index (χ2n) is 8.58. The molecule has 0 saturated heterocycles. The predicted molar refractivity (Wildman–Crippen MR) is 131 cm³/mol. The van der Waals surface area contributed by atoms with E-state index in [0.717, 1.165) is 17.5 Å². The first-order chi connectivity index (χ1) is 17.0. The molecule has 0 fully saturated rings. The number of nitrogens with zero attached hydrogens (tertiary/aromatic N) is 1. The average Bonchev–Trinajstić information content (AvgIpc) is 3.46. The van der Waals surface area contributed by atoms with Crippen LogP contribution in [-0.4, -0.2) is 24.0 Å². The highest BCUT2D eigenvalue weighted by Gasteiger charge is 2.43. The molecule has 1 amide bonds. The van der Waals surface area contributed by atoms with Gasteiger partial charge < -0.3 is 23.2 Å². The zero-order valence-corrected chi connectivity index (χ0v) is 20.0. The van der Waals surface area contributed by atoms with E-state index >= 15 is 0 Å². The Bertz CT molecular complexity index is 1440. The number of furan rings is 1. The summed E-state index contributed by atoms with van der Waals surface area (Å²) in [6.45, 7) is 7.05. The third-order valence-electron chi connectivity index (χ3n) is 6.07. The molecule has 1 aliphatic heterocycles. The molecular weight excluding hydrogens is 446 g/mol. The fourth-order valence-corrected chi connectivity index (χ4v) is 4.51. The second-order valence-corrected chi connectivity index (χ2v) is 8.58. The van der Waals surface area contributed by atoms with Crippen LogP contribution in [0.4, 0.5) is 0 Å². The lowest BCUT2D eigenvalue weighted by Crippen LogP contribution is -2.29. The van der Waals surface area contributed by atoms with E-state index in [1.807, 2.05) is 45.0 Å². The Labute approximate surface area is 202 Å². The van der Waals surface area contributed by atoms with Crippen LogP contribution in [0, 0.1) is 6.92 Å². The Kier molecular flexibility index (Phi) is 6.07. The molecule has 2 aromatic heterocycles. The Balaban J connectivity index is 1.69. The maximum atomic E-state index is 13.8. The van der Waals surface area contributed by atoms with E-state index in [1.54, 1.807) is 35.4 Å². The van der Waals surface area contributed by atoms with Crippen LogP contribution >= 0.6 is 0 Å². The van der Waals surface area contributed by atoms with Crippen molar-refractivity contribution in [3.63, 3.8) is 0 Å². The summed E-state index contributed by atoms with van der Waals surface area (Å²) in [5, 5.41) is 0.453. The van der Waals surface area contributed by atoms with Gasteiger partial charge in [0.25, 0.3) is 5.91 Å². The van der Waals surface area contributed by atoms with Crippen LogP contribution in [0.25, 0.3) is 11.0 Å². The third kappa shape index (κ3) is 4.07. The number of amides is 1. The Morgan fingerprint density at radius 3 is 2.60 bits per heavy atom. The minimum atomic E-state index is -0.664. The molecule has 1 atom stereocenters. The molecule has 5 rings (SSSR count). The van der Waals surface area contributed by atoms with Gasteiger partial charge in [0.2, 0.25) is 5.76 Å². The molecule has 0 unspecified atom stereocenters. The van der Waals surface area contributed by atoms with Crippen LogP contribution in [-0.2, 0) is 6.54 Å². The van der Waals surface area contributed by atoms with Crippen molar-refractivity contribution in [2.45, 2.75) is 39.8 Å². The fraction of sp³-hybridized carbons (Fsp3) is 0.286. The molecule has 2 aromatic carbocycles. The lowest BCUT2D eigenvalue weighted by atomic mass is 9.97. The van der Waals surface area contributed by atoms with Crippen molar-refractivity contribution in [3.8, 4) is 11.5 Å². The highest BCUT2D eigenvalue weighted by Crippen LogP contribution is 2.42. The number of ether oxygens (including phenoxy) is 2. The summed E-state index contributed by atoms with van der Waals surface area (Å²) >= 11 is 0. The van der Waals surface area contributed by atoms with Crippen LogP contribution in [0.3, 0.4) is 0 Å². The number of carbonyl (C=O) groups is 1. The SMILES string of the molecule is CCCOc1ccc([C@H]2c3c(oc4ccc(C)cc4c3=O)C(=O)N2Cc2ccco2)cc1OCC. The first-order valence-electron chi connectivity index (χ1n) is 11.8. The normalized spacial score (nSPS) is 15.0. The van der Waals surface area contributed by atoms with Gasteiger partial charge in [0.15, 0.2) is 16.9 Å². The third-order valence-corrected chi connectivity index (χ3v) is 6.07. The van der Waals surface area contributed by atoms with Gasteiger partial charge in [0.1, 0.15) is 11.3 Å². The van der Waals surface area contributed by atoms with Gasteiger partial charge in [-0.25, -0.2) is 0 Å². The molecule has 7 nitrogen and oxygen atoms in total. The van der Waals surface area contributed by atoms with Crippen LogP contribution in [0.2, 0.25) is 0 Å². The van der Waals surface area contributed by atoms with Gasteiger partial charge in [-0.1, -0.05) is 24.6 Å². The van der Waals surface area contributed by atoms with Crippen molar-refractivity contribution < 1.29 is 23.1 Å². The topological polar surface area (TPSA) is 82.1 Å². The average molecular weight is 474 g/mol. The monoisotopic (exact) mass is 473 g/mol. The molecule has 0 bridgehead atoms. The molecule has 0 saturated carbocycles. The summed E-state index contributed by atoms with van der Waals surface area (Å²) in [6.07, 6.45) is 2.42. The van der Waals surface area contributed by atoms with E-state index in [1.165, 1.54) is 0 Å². The minimum absolute atomic E-state index is 0.0622. The largest absolute Gasteiger partial charge is 0.490 e. The van der Waals surface area contributed by atoms with Crippen LogP contribution in [0.5, 0.6) is 11.5 Å². The number of benzene rings is 2.